The molecule has 0 aliphatic heterocycles. The van der Waals surface area contributed by atoms with Crippen molar-refractivity contribution >= 4 is 0 Å². The molecule has 136 valence electrons. The van der Waals surface area contributed by atoms with Crippen LogP contribution in [0.4, 0.5) is 0 Å². The predicted octanol–water partition coefficient (Wildman–Crippen LogP) is 3.28. The molecule has 4 aliphatic carbocycles. The van der Waals surface area contributed by atoms with Gasteiger partial charge in [-0.1, -0.05) is 25.5 Å². The molecule has 4 saturated carbocycles. The monoisotopic (exact) mass is 334 g/mol. The molecule has 9 atom stereocenters. The van der Waals surface area contributed by atoms with Crippen molar-refractivity contribution < 1.29 is 15.3 Å². The molecule has 0 aromatic rings. The predicted molar refractivity (Wildman–Crippen MR) is 94.3 cm³/mol. The van der Waals surface area contributed by atoms with Crippen LogP contribution in [0.15, 0.2) is 11.6 Å². The Kier molecular flexibility index (Phi) is 3.95. The fourth-order valence-electron chi connectivity index (χ4n) is 7.56. The number of allylic oxidation sites excluding steroid dienone is 2. The maximum absolute atomic E-state index is 11.1. The van der Waals surface area contributed by atoms with Gasteiger partial charge >= 0.3 is 0 Å². The molecular weight excluding hydrogens is 300 g/mol. The van der Waals surface area contributed by atoms with Crippen LogP contribution in [0.3, 0.4) is 0 Å². The number of aliphatic hydroxyl groups excluding tert-OH is 3. The van der Waals surface area contributed by atoms with Crippen molar-refractivity contribution in [3.05, 3.63) is 11.6 Å². The van der Waals surface area contributed by atoms with Gasteiger partial charge < -0.3 is 15.3 Å². The zero-order valence-corrected chi connectivity index (χ0v) is 15.4. The first-order valence-electron chi connectivity index (χ1n) is 10.0. The molecule has 0 spiro atoms. The van der Waals surface area contributed by atoms with Crippen LogP contribution < -0.4 is 0 Å². The Morgan fingerprint density at radius 2 is 1.67 bits per heavy atom. The minimum Gasteiger partial charge on any atom is -0.393 e. The molecule has 3 N–H and O–H groups in total. The van der Waals surface area contributed by atoms with Crippen molar-refractivity contribution in [1.29, 1.82) is 0 Å². The lowest BCUT2D eigenvalue weighted by Crippen LogP contribution is -2.63. The highest BCUT2D eigenvalue weighted by Gasteiger charge is 2.63. The van der Waals surface area contributed by atoms with Gasteiger partial charge in [0, 0.05) is 0 Å². The van der Waals surface area contributed by atoms with Crippen LogP contribution in [0.2, 0.25) is 0 Å². The van der Waals surface area contributed by atoms with E-state index in [1.54, 1.807) is 5.57 Å². The van der Waals surface area contributed by atoms with E-state index in [0.29, 0.717) is 18.3 Å². The van der Waals surface area contributed by atoms with Crippen molar-refractivity contribution in [1.82, 2.24) is 0 Å². The average molecular weight is 335 g/mol. The lowest BCUT2D eigenvalue weighted by molar-refractivity contribution is -0.217. The number of fused-ring (bicyclic) bond motifs is 5. The van der Waals surface area contributed by atoms with Gasteiger partial charge in [0.25, 0.3) is 0 Å². The maximum Gasteiger partial charge on any atom is 0.0836 e. The average Bonchev–Trinajstić information content (AvgIpc) is 2.90. The van der Waals surface area contributed by atoms with Gasteiger partial charge in [-0.15, -0.1) is 0 Å². The van der Waals surface area contributed by atoms with Crippen LogP contribution in [0, 0.1) is 34.5 Å². The Balaban J connectivity index is 1.73. The van der Waals surface area contributed by atoms with Crippen molar-refractivity contribution in [2.75, 3.05) is 0 Å². The first kappa shape index (κ1) is 17.1. The van der Waals surface area contributed by atoms with Gasteiger partial charge in [0.2, 0.25) is 0 Å². The van der Waals surface area contributed by atoms with E-state index in [9.17, 15) is 15.3 Å². The highest BCUT2D eigenvalue weighted by Crippen LogP contribution is 2.67. The summed E-state index contributed by atoms with van der Waals surface area (Å²) < 4.78 is 0. The van der Waals surface area contributed by atoms with Crippen molar-refractivity contribution in [2.24, 2.45) is 34.5 Å². The zero-order chi connectivity index (χ0) is 17.3. The molecule has 4 rings (SSSR count). The van der Waals surface area contributed by atoms with Gasteiger partial charge in [-0.2, -0.15) is 0 Å². The van der Waals surface area contributed by atoms with Crippen LogP contribution in [-0.2, 0) is 0 Å². The highest BCUT2D eigenvalue weighted by atomic mass is 16.3. The molecular formula is C21H34O3. The normalized spacial score (nSPS) is 58.9. The van der Waals surface area contributed by atoms with Crippen LogP contribution >= 0.6 is 0 Å². The molecule has 24 heavy (non-hydrogen) atoms. The molecule has 0 amide bonds. The Bertz CT molecular complexity index is 543. The first-order valence-corrected chi connectivity index (χ1v) is 10.0. The Morgan fingerprint density at radius 1 is 0.917 bits per heavy atom. The summed E-state index contributed by atoms with van der Waals surface area (Å²) in [5.74, 6) is 1.25. The summed E-state index contributed by atoms with van der Waals surface area (Å²) >= 11 is 0. The highest BCUT2D eigenvalue weighted by molar-refractivity contribution is 5.25. The van der Waals surface area contributed by atoms with E-state index in [-0.39, 0.29) is 28.8 Å². The number of hydrogen-bond donors (Lipinski definition) is 3. The van der Waals surface area contributed by atoms with E-state index in [2.05, 4.69) is 26.8 Å². The SMILES string of the molecule is CC=C1CCC2C3C(O)C(O)C4CC(O)CCC4(C)C3CCC12C. The van der Waals surface area contributed by atoms with Gasteiger partial charge in [0.1, 0.15) is 0 Å². The lowest BCUT2D eigenvalue weighted by Gasteiger charge is -2.63. The summed E-state index contributed by atoms with van der Waals surface area (Å²) in [5, 5.41) is 32.1. The summed E-state index contributed by atoms with van der Waals surface area (Å²) in [6.45, 7) is 6.89. The van der Waals surface area contributed by atoms with E-state index >= 15 is 0 Å². The maximum atomic E-state index is 11.1. The Labute approximate surface area is 146 Å². The third kappa shape index (κ3) is 2.07. The van der Waals surface area contributed by atoms with E-state index in [1.807, 2.05) is 0 Å². The van der Waals surface area contributed by atoms with E-state index in [4.69, 9.17) is 0 Å². The van der Waals surface area contributed by atoms with Crippen LogP contribution in [0.25, 0.3) is 0 Å². The van der Waals surface area contributed by atoms with Crippen molar-refractivity contribution in [2.45, 2.75) is 84.0 Å². The minimum absolute atomic E-state index is 0.0458. The molecule has 9 unspecified atom stereocenters. The standard InChI is InChI=1S/C21H34O3/c1-4-12-5-6-14-17-15(8-10-20(12,14)2)21(3)9-7-13(22)11-16(21)18(23)19(17)24/h4,13-19,22-24H,5-11H2,1-3H3. The van der Waals surface area contributed by atoms with Gasteiger partial charge in [-0.25, -0.2) is 0 Å². The molecule has 3 nitrogen and oxygen atoms in total. The molecule has 4 aliphatic rings. The summed E-state index contributed by atoms with van der Waals surface area (Å²) in [5.41, 5.74) is 1.86. The van der Waals surface area contributed by atoms with Crippen molar-refractivity contribution in [3.8, 4) is 0 Å². The summed E-state index contributed by atoms with van der Waals surface area (Å²) in [6, 6.07) is 0. The molecule has 0 aromatic heterocycles. The fourth-order valence-corrected chi connectivity index (χ4v) is 7.56. The third-order valence-electron chi connectivity index (χ3n) is 8.92. The number of aliphatic hydroxyl groups is 3. The minimum atomic E-state index is -0.678. The molecule has 0 radical (unpaired) electrons. The van der Waals surface area contributed by atoms with Crippen LogP contribution in [0.5, 0.6) is 0 Å². The van der Waals surface area contributed by atoms with E-state index < -0.39 is 12.2 Å². The van der Waals surface area contributed by atoms with Crippen LogP contribution in [0.1, 0.15) is 65.7 Å². The molecule has 4 fully saturated rings. The third-order valence-corrected chi connectivity index (χ3v) is 8.92. The number of rotatable bonds is 0. The second-order valence-corrected chi connectivity index (χ2v) is 9.62. The molecule has 0 saturated heterocycles. The Hall–Kier alpha value is -0.380. The van der Waals surface area contributed by atoms with E-state index in [1.165, 1.54) is 6.42 Å². The van der Waals surface area contributed by atoms with Gasteiger partial charge in [-0.3, -0.25) is 0 Å². The largest absolute Gasteiger partial charge is 0.393 e. The lowest BCUT2D eigenvalue weighted by atomic mass is 9.43. The number of hydrogen-bond acceptors (Lipinski definition) is 3. The summed E-state index contributed by atoms with van der Waals surface area (Å²) in [7, 11) is 0. The molecule has 3 heteroatoms. The first-order chi connectivity index (χ1) is 11.3. The quantitative estimate of drug-likeness (QED) is 0.596. The van der Waals surface area contributed by atoms with Gasteiger partial charge in [-0.05, 0) is 86.4 Å². The van der Waals surface area contributed by atoms with Crippen molar-refractivity contribution in [3.63, 3.8) is 0 Å². The van der Waals surface area contributed by atoms with E-state index in [0.717, 1.165) is 32.1 Å². The zero-order valence-electron chi connectivity index (χ0n) is 15.4. The summed E-state index contributed by atoms with van der Waals surface area (Å²) in [4.78, 5) is 0. The molecule has 0 heterocycles. The van der Waals surface area contributed by atoms with Gasteiger partial charge in [0.05, 0.1) is 18.3 Å². The summed E-state index contributed by atoms with van der Waals surface area (Å²) in [6.07, 6.45) is 7.86. The van der Waals surface area contributed by atoms with Crippen LogP contribution in [-0.4, -0.2) is 33.6 Å². The molecule has 0 aromatic carbocycles. The second-order valence-electron chi connectivity index (χ2n) is 9.62. The van der Waals surface area contributed by atoms with Gasteiger partial charge in [0.15, 0.2) is 0 Å². The smallest absolute Gasteiger partial charge is 0.0836 e. The Morgan fingerprint density at radius 3 is 2.38 bits per heavy atom. The molecule has 0 bridgehead atoms. The fraction of sp³-hybridized carbons (Fsp3) is 0.905. The second kappa shape index (κ2) is 5.56. The topological polar surface area (TPSA) is 60.7 Å².